The van der Waals surface area contributed by atoms with Gasteiger partial charge < -0.3 is 11.1 Å². The van der Waals surface area contributed by atoms with E-state index in [2.05, 4.69) is 5.32 Å². The topological polar surface area (TPSA) is 96.0 Å². The normalized spacial score (nSPS) is 11.3. The van der Waals surface area contributed by atoms with Gasteiger partial charge in [-0.1, -0.05) is 35.9 Å². The van der Waals surface area contributed by atoms with Gasteiger partial charge in [-0.2, -0.15) is 5.26 Å². The number of nitrogens with zero attached hydrogens (tertiary/aromatic N) is 1. The van der Waals surface area contributed by atoms with Crippen molar-refractivity contribution in [1.29, 1.82) is 5.26 Å². The monoisotopic (exact) mass is 327 g/mol. The predicted molar refractivity (Wildman–Crippen MR) is 86.8 cm³/mol. The van der Waals surface area contributed by atoms with E-state index in [-0.39, 0.29) is 12.0 Å². The summed E-state index contributed by atoms with van der Waals surface area (Å²) in [5, 5.41) is 11.7. The van der Waals surface area contributed by atoms with E-state index in [4.69, 9.17) is 22.6 Å². The maximum atomic E-state index is 12.2. The van der Waals surface area contributed by atoms with Gasteiger partial charge in [0.05, 0.1) is 22.2 Å². The van der Waals surface area contributed by atoms with Gasteiger partial charge in [0.1, 0.15) is 6.04 Å². The minimum atomic E-state index is -0.869. The Hall–Kier alpha value is -2.84. The third-order valence-electron chi connectivity index (χ3n) is 3.29. The first-order chi connectivity index (χ1) is 11.0. The Kier molecular flexibility index (Phi) is 5.34. The van der Waals surface area contributed by atoms with Crippen molar-refractivity contribution in [2.24, 2.45) is 5.73 Å². The molecule has 2 aromatic rings. The number of amides is 2. The molecule has 0 unspecified atom stereocenters. The highest BCUT2D eigenvalue weighted by Crippen LogP contribution is 2.15. The fourth-order valence-electron chi connectivity index (χ4n) is 2.06. The Balaban J connectivity index is 2.12. The molecule has 0 fully saturated rings. The lowest BCUT2D eigenvalue weighted by Gasteiger charge is -2.16. The minimum absolute atomic E-state index is 0.233. The molecule has 0 saturated carbocycles. The largest absolute Gasteiger partial charge is 0.368 e. The fourth-order valence-corrected chi connectivity index (χ4v) is 2.28. The standard InChI is InChI=1S/C17H14ClN3O2/c18-14-4-2-1-3-13(14)17(23)21-15(16(20)22)9-11-5-7-12(10-19)8-6-11/h1-8,15H,9H2,(H2,20,22)(H,21,23)/t15-/m0/s1. The van der Waals surface area contributed by atoms with E-state index >= 15 is 0 Å². The summed E-state index contributed by atoms with van der Waals surface area (Å²) < 4.78 is 0. The Morgan fingerprint density at radius 2 is 1.83 bits per heavy atom. The summed E-state index contributed by atoms with van der Waals surface area (Å²) in [5.74, 6) is -1.11. The number of carbonyl (C=O) groups excluding carboxylic acids is 2. The predicted octanol–water partition coefficient (Wildman–Crippen LogP) is 2.04. The van der Waals surface area contributed by atoms with Crippen LogP contribution >= 0.6 is 11.6 Å². The quantitative estimate of drug-likeness (QED) is 0.879. The number of nitrogens with two attached hydrogens (primary N) is 1. The molecule has 3 N–H and O–H groups in total. The smallest absolute Gasteiger partial charge is 0.253 e. The van der Waals surface area contributed by atoms with Gasteiger partial charge in [0.25, 0.3) is 5.91 Å². The highest BCUT2D eigenvalue weighted by molar-refractivity contribution is 6.33. The zero-order valence-electron chi connectivity index (χ0n) is 12.1. The maximum Gasteiger partial charge on any atom is 0.253 e. The van der Waals surface area contributed by atoms with Crippen LogP contribution in [0.15, 0.2) is 48.5 Å². The minimum Gasteiger partial charge on any atom is -0.368 e. The van der Waals surface area contributed by atoms with Crippen molar-refractivity contribution in [1.82, 2.24) is 5.32 Å². The van der Waals surface area contributed by atoms with Crippen molar-refractivity contribution in [3.05, 3.63) is 70.2 Å². The van der Waals surface area contributed by atoms with Gasteiger partial charge in [0.2, 0.25) is 5.91 Å². The number of rotatable bonds is 5. The summed E-state index contributed by atoms with van der Waals surface area (Å²) in [6.45, 7) is 0. The highest BCUT2D eigenvalue weighted by Gasteiger charge is 2.20. The molecule has 116 valence electrons. The second kappa shape index (κ2) is 7.43. The van der Waals surface area contributed by atoms with Gasteiger partial charge in [0.15, 0.2) is 0 Å². The number of primary amides is 1. The lowest BCUT2D eigenvalue weighted by Crippen LogP contribution is -2.45. The zero-order chi connectivity index (χ0) is 16.8. The van der Waals surface area contributed by atoms with E-state index in [9.17, 15) is 9.59 Å². The number of nitriles is 1. The fraction of sp³-hybridized carbons (Fsp3) is 0.118. The van der Waals surface area contributed by atoms with Crippen molar-refractivity contribution in [2.75, 3.05) is 0 Å². The lowest BCUT2D eigenvalue weighted by molar-refractivity contribution is -0.119. The molecule has 2 rings (SSSR count). The van der Waals surface area contributed by atoms with Crippen molar-refractivity contribution < 1.29 is 9.59 Å². The Bertz CT molecular complexity index is 766. The van der Waals surface area contributed by atoms with Crippen molar-refractivity contribution >= 4 is 23.4 Å². The second-order valence-electron chi connectivity index (χ2n) is 4.92. The van der Waals surface area contributed by atoms with Gasteiger partial charge in [-0.25, -0.2) is 0 Å². The van der Waals surface area contributed by atoms with Crippen LogP contribution in [-0.2, 0) is 11.2 Å². The van der Waals surface area contributed by atoms with Gasteiger partial charge in [0, 0.05) is 6.42 Å². The molecule has 2 aromatic carbocycles. The molecule has 6 heteroatoms. The number of halogens is 1. The van der Waals surface area contributed by atoms with Gasteiger partial charge >= 0.3 is 0 Å². The van der Waals surface area contributed by atoms with E-state index in [0.717, 1.165) is 5.56 Å². The summed E-state index contributed by atoms with van der Waals surface area (Å²) in [7, 11) is 0. The summed E-state index contributed by atoms with van der Waals surface area (Å²) >= 11 is 5.97. The molecule has 0 radical (unpaired) electrons. The van der Waals surface area contributed by atoms with Crippen LogP contribution in [0.3, 0.4) is 0 Å². The van der Waals surface area contributed by atoms with E-state index in [1.165, 1.54) is 0 Å². The zero-order valence-corrected chi connectivity index (χ0v) is 12.9. The lowest BCUT2D eigenvalue weighted by atomic mass is 10.0. The third kappa shape index (κ3) is 4.31. The van der Waals surface area contributed by atoms with E-state index in [1.807, 2.05) is 6.07 Å². The molecule has 2 amide bonds. The average Bonchev–Trinajstić information content (AvgIpc) is 2.55. The van der Waals surface area contributed by atoms with Gasteiger partial charge in [-0.15, -0.1) is 0 Å². The van der Waals surface area contributed by atoms with Crippen LogP contribution in [0.5, 0.6) is 0 Å². The van der Waals surface area contributed by atoms with E-state index in [0.29, 0.717) is 10.6 Å². The third-order valence-corrected chi connectivity index (χ3v) is 3.62. The first-order valence-corrected chi connectivity index (χ1v) is 7.23. The second-order valence-corrected chi connectivity index (χ2v) is 5.33. The Morgan fingerprint density at radius 3 is 2.39 bits per heavy atom. The molecule has 0 aliphatic heterocycles. The molecule has 23 heavy (non-hydrogen) atoms. The summed E-state index contributed by atoms with van der Waals surface area (Å²) in [5.41, 5.74) is 6.95. The number of hydrogen-bond acceptors (Lipinski definition) is 3. The molecule has 0 aliphatic rings. The number of carbonyl (C=O) groups is 2. The van der Waals surface area contributed by atoms with Crippen LogP contribution in [0.1, 0.15) is 21.5 Å². The van der Waals surface area contributed by atoms with E-state index < -0.39 is 17.9 Å². The molecule has 5 nitrogen and oxygen atoms in total. The van der Waals surface area contributed by atoms with Crippen molar-refractivity contribution in [3.8, 4) is 6.07 Å². The van der Waals surface area contributed by atoms with Crippen LogP contribution in [0, 0.1) is 11.3 Å². The summed E-state index contributed by atoms with van der Waals surface area (Å²) in [6.07, 6.45) is 0.233. The van der Waals surface area contributed by atoms with Crippen LogP contribution < -0.4 is 11.1 Å². The summed E-state index contributed by atoms with van der Waals surface area (Å²) in [6, 6.07) is 14.4. The Morgan fingerprint density at radius 1 is 1.17 bits per heavy atom. The van der Waals surface area contributed by atoms with Crippen LogP contribution in [0.4, 0.5) is 0 Å². The van der Waals surface area contributed by atoms with Crippen molar-refractivity contribution in [2.45, 2.75) is 12.5 Å². The Labute approximate surface area is 138 Å². The van der Waals surface area contributed by atoms with Crippen LogP contribution in [0.2, 0.25) is 5.02 Å². The molecule has 0 saturated heterocycles. The van der Waals surface area contributed by atoms with Crippen LogP contribution in [-0.4, -0.2) is 17.9 Å². The first kappa shape index (κ1) is 16.5. The van der Waals surface area contributed by atoms with Crippen LogP contribution in [0.25, 0.3) is 0 Å². The SMILES string of the molecule is N#Cc1ccc(C[C@H](NC(=O)c2ccccc2Cl)C(N)=O)cc1. The number of nitrogens with one attached hydrogen (secondary N) is 1. The molecule has 0 bridgehead atoms. The molecule has 1 atom stereocenters. The van der Waals surface area contributed by atoms with Crippen molar-refractivity contribution in [3.63, 3.8) is 0 Å². The maximum absolute atomic E-state index is 12.2. The molecule has 0 aliphatic carbocycles. The molecular formula is C17H14ClN3O2. The molecule has 0 spiro atoms. The van der Waals surface area contributed by atoms with E-state index in [1.54, 1.807) is 48.5 Å². The first-order valence-electron chi connectivity index (χ1n) is 6.85. The molecule has 0 heterocycles. The highest BCUT2D eigenvalue weighted by atomic mass is 35.5. The number of hydrogen-bond donors (Lipinski definition) is 2. The van der Waals surface area contributed by atoms with Gasteiger partial charge in [-0.3, -0.25) is 9.59 Å². The summed E-state index contributed by atoms with van der Waals surface area (Å²) in [4.78, 5) is 23.8. The number of benzene rings is 2. The van der Waals surface area contributed by atoms with Gasteiger partial charge in [-0.05, 0) is 29.8 Å². The molecular weight excluding hydrogens is 314 g/mol. The molecule has 0 aromatic heterocycles. The average molecular weight is 328 g/mol.